The van der Waals surface area contributed by atoms with Crippen molar-refractivity contribution in [1.82, 2.24) is 24.9 Å². The average molecular weight is 549 g/mol. The number of benzene rings is 1. The monoisotopic (exact) mass is 548 g/mol. The minimum Gasteiger partial charge on any atom is -0.481 e. The van der Waals surface area contributed by atoms with E-state index in [-0.39, 0.29) is 29.9 Å². The SMILES string of the molecule is O=C(O)C1(C2CCCCC2)CCN(c2nc(-c3cc(-c4ccon4)n(Cc4ccccc4F)n3)ncc2F)CC1. The third kappa shape index (κ3) is 4.84. The third-order valence-corrected chi connectivity index (χ3v) is 8.48. The molecule has 208 valence electrons. The van der Waals surface area contributed by atoms with Crippen LogP contribution in [0.2, 0.25) is 0 Å². The highest BCUT2D eigenvalue weighted by Gasteiger charge is 2.48. The van der Waals surface area contributed by atoms with Crippen LogP contribution in [0.5, 0.6) is 0 Å². The molecule has 4 aromatic rings. The van der Waals surface area contributed by atoms with Gasteiger partial charge in [-0.2, -0.15) is 5.10 Å². The highest BCUT2D eigenvalue weighted by molar-refractivity contribution is 5.75. The van der Waals surface area contributed by atoms with Crippen molar-refractivity contribution in [3.63, 3.8) is 0 Å². The van der Waals surface area contributed by atoms with E-state index in [9.17, 15) is 14.3 Å². The number of carboxylic acids is 1. The smallest absolute Gasteiger partial charge is 0.310 e. The van der Waals surface area contributed by atoms with Gasteiger partial charge in [0.1, 0.15) is 23.5 Å². The van der Waals surface area contributed by atoms with Gasteiger partial charge in [-0.1, -0.05) is 42.6 Å². The van der Waals surface area contributed by atoms with Gasteiger partial charge < -0.3 is 14.5 Å². The van der Waals surface area contributed by atoms with Gasteiger partial charge in [-0.3, -0.25) is 9.48 Å². The van der Waals surface area contributed by atoms with E-state index in [1.165, 1.54) is 12.3 Å². The van der Waals surface area contributed by atoms with E-state index in [4.69, 9.17) is 4.52 Å². The van der Waals surface area contributed by atoms with Crippen LogP contribution in [0.25, 0.3) is 22.9 Å². The molecule has 2 aliphatic rings. The molecule has 0 radical (unpaired) electrons. The fourth-order valence-electron chi connectivity index (χ4n) is 6.26. The number of nitrogens with zero attached hydrogens (tertiary/aromatic N) is 6. The van der Waals surface area contributed by atoms with Gasteiger partial charge in [-0.25, -0.2) is 18.7 Å². The largest absolute Gasteiger partial charge is 0.481 e. The van der Waals surface area contributed by atoms with Gasteiger partial charge in [0.05, 0.1) is 23.9 Å². The number of anilines is 1. The molecule has 0 amide bonds. The molecule has 11 heteroatoms. The molecule has 1 aliphatic heterocycles. The molecule has 40 heavy (non-hydrogen) atoms. The summed E-state index contributed by atoms with van der Waals surface area (Å²) in [6.07, 6.45) is 8.58. The Balaban J connectivity index is 1.29. The number of halogens is 2. The molecular weight excluding hydrogens is 518 g/mol. The Hall–Kier alpha value is -4.15. The first-order valence-corrected chi connectivity index (χ1v) is 13.7. The second-order valence-corrected chi connectivity index (χ2v) is 10.7. The molecule has 6 rings (SSSR count). The van der Waals surface area contributed by atoms with E-state index in [0.717, 1.165) is 38.3 Å². The van der Waals surface area contributed by atoms with Crippen LogP contribution in [0.3, 0.4) is 0 Å². The molecule has 1 aliphatic carbocycles. The summed E-state index contributed by atoms with van der Waals surface area (Å²) in [7, 11) is 0. The van der Waals surface area contributed by atoms with Crippen LogP contribution in [-0.4, -0.2) is 49.1 Å². The maximum Gasteiger partial charge on any atom is 0.310 e. The van der Waals surface area contributed by atoms with Gasteiger partial charge in [0.2, 0.25) is 0 Å². The average Bonchev–Trinajstić information content (AvgIpc) is 3.66. The summed E-state index contributed by atoms with van der Waals surface area (Å²) in [5.41, 5.74) is 1.10. The van der Waals surface area contributed by atoms with Crippen LogP contribution in [-0.2, 0) is 11.3 Å². The van der Waals surface area contributed by atoms with Crippen molar-refractivity contribution in [2.24, 2.45) is 11.3 Å². The van der Waals surface area contributed by atoms with Gasteiger partial charge in [-0.15, -0.1) is 0 Å². The van der Waals surface area contributed by atoms with Crippen molar-refractivity contribution in [2.75, 3.05) is 18.0 Å². The predicted octanol–water partition coefficient (Wildman–Crippen LogP) is 5.57. The minimum atomic E-state index is -0.777. The Kier molecular flexibility index (Phi) is 7.03. The van der Waals surface area contributed by atoms with Crippen molar-refractivity contribution in [3.05, 3.63) is 66.1 Å². The molecule has 1 aromatic carbocycles. The van der Waals surface area contributed by atoms with Crippen LogP contribution in [0.1, 0.15) is 50.5 Å². The number of hydrogen-bond donors (Lipinski definition) is 1. The zero-order chi connectivity index (χ0) is 27.7. The molecule has 0 unspecified atom stereocenters. The summed E-state index contributed by atoms with van der Waals surface area (Å²) in [4.78, 5) is 23.0. The zero-order valence-electron chi connectivity index (χ0n) is 22.0. The number of rotatable bonds is 7. The van der Waals surface area contributed by atoms with Gasteiger partial charge in [0, 0.05) is 24.7 Å². The van der Waals surface area contributed by atoms with Crippen LogP contribution >= 0.6 is 0 Å². The summed E-state index contributed by atoms with van der Waals surface area (Å²) in [6, 6.07) is 9.82. The lowest BCUT2D eigenvalue weighted by Crippen LogP contribution is -2.49. The molecule has 0 atom stereocenters. The van der Waals surface area contributed by atoms with Crippen molar-refractivity contribution < 1.29 is 23.2 Å². The summed E-state index contributed by atoms with van der Waals surface area (Å²) in [6.45, 7) is 0.914. The van der Waals surface area contributed by atoms with Crippen molar-refractivity contribution in [3.8, 4) is 22.9 Å². The maximum atomic E-state index is 15.0. The standard InChI is InChI=1S/C29H30F2N6O3/c30-21-9-5-4-6-19(21)18-37-25(23-10-15-40-35-23)16-24(34-37)26-32-17-22(31)27(33-26)36-13-11-29(12-14-36,28(38)39)20-7-2-1-3-8-20/h4-6,9-10,15-17,20H,1-3,7-8,11-14,18H2,(H,38,39). The molecule has 1 N–H and O–H groups in total. The topological polar surface area (TPSA) is 110 Å². The molecule has 9 nitrogen and oxygen atoms in total. The van der Waals surface area contributed by atoms with Crippen LogP contribution in [0.4, 0.5) is 14.6 Å². The molecule has 1 saturated heterocycles. The van der Waals surface area contributed by atoms with E-state index < -0.39 is 17.2 Å². The molecule has 2 fully saturated rings. The minimum absolute atomic E-state index is 0.124. The van der Waals surface area contributed by atoms with E-state index in [2.05, 4.69) is 20.2 Å². The molecule has 4 heterocycles. The number of carboxylic acid groups (broad SMARTS) is 1. The van der Waals surface area contributed by atoms with Gasteiger partial charge in [-0.05, 0) is 43.7 Å². The highest BCUT2D eigenvalue weighted by atomic mass is 19.1. The van der Waals surface area contributed by atoms with E-state index in [1.54, 1.807) is 39.9 Å². The highest BCUT2D eigenvalue weighted by Crippen LogP contribution is 2.46. The summed E-state index contributed by atoms with van der Waals surface area (Å²) < 4.78 is 36.1. The lowest BCUT2D eigenvalue weighted by Gasteiger charge is -2.45. The number of carbonyl (C=O) groups is 1. The quantitative estimate of drug-likeness (QED) is 0.319. The van der Waals surface area contributed by atoms with Gasteiger partial charge in [0.25, 0.3) is 0 Å². The Bertz CT molecular complexity index is 1490. The maximum absolute atomic E-state index is 15.0. The second kappa shape index (κ2) is 10.8. The fourth-order valence-corrected chi connectivity index (χ4v) is 6.26. The van der Waals surface area contributed by atoms with Crippen LogP contribution < -0.4 is 4.90 Å². The Morgan fingerprint density at radius 3 is 2.52 bits per heavy atom. The lowest BCUT2D eigenvalue weighted by molar-refractivity contribution is -0.155. The zero-order valence-corrected chi connectivity index (χ0v) is 22.0. The van der Waals surface area contributed by atoms with Crippen LogP contribution in [0, 0.1) is 23.0 Å². The van der Waals surface area contributed by atoms with E-state index in [1.807, 2.05) is 0 Å². The summed E-state index contributed by atoms with van der Waals surface area (Å²) >= 11 is 0. The fraction of sp³-hybridized carbons (Fsp3) is 0.414. The molecule has 0 bridgehead atoms. The predicted molar refractivity (Wildman–Crippen MR) is 142 cm³/mol. The molecule has 1 saturated carbocycles. The first kappa shape index (κ1) is 26.1. The Morgan fingerprint density at radius 1 is 1.05 bits per heavy atom. The number of aliphatic carboxylic acids is 1. The normalized spacial score (nSPS) is 17.7. The summed E-state index contributed by atoms with van der Waals surface area (Å²) in [5, 5.41) is 18.8. The van der Waals surface area contributed by atoms with E-state index in [0.29, 0.717) is 48.6 Å². The Labute approximate surface area is 229 Å². The Morgan fingerprint density at radius 2 is 1.82 bits per heavy atom. The van der Waals surface area contributed by atoms with Gasteiger partial charge >= 0.3 is 5.97 Å². The first-order chi connectivity index (χ1) is 19.4. The van der Waals surface area contributed by atoms with Crippen molar-refractivity contribution in [1.29, 1.82) is 0 Å². The number of aromatic nitrogens is 5. The second-order valence-electron chi connectivity index (χ2n) is 10.7. The van der Waals surface area contributed by atoms with Gasteiger partial charge in [0.15, 0.2) is 17.5 Å². The van der Waals surface area contributed by atoms with E-state index >= 15 is 4.39 Å². The molecular formula is C29H30F2N6O3. The molecule has 3 aromatic heterocycles. The van der Waals surface area contributed by atoms with Crippen molar-refractivity contribution >= 4 is 11.8 Å². The van der Waals surface area contributed by atoms with Crippen LogP contribution in [0.15, 0.2) is 53.4 Å². The van der Waals surface area contributed by atoms with Crippen molar-refractivity contribution in [2.45, 2.75) is 51.5 Å². The molecule has 0 spiro atoms. The number of hydrogen-bond acceptors (Lipinski definition) is 7. The summed E-state index contributed by atoms with van der Waals surface area (Å²) in [5.74, 6) is -1.20. The third-order valence-electron chi connectivity index (χ3n) is 8.48. The lowest BCUT2D eigenvalue weighted by atomic mass is 9.64. The first-order valence-electron chi connectivity index (χ1n) is 13.7. The number of piperidine rings is 1.